The summed E-state index contributed by atoms with van der Waals surface area (Å²) in [4.78, 5) is 12.9. The SMILES string of the molecule is CC/C=C\C/C=C\C/C=C\C/C=C\CCCCCCCCCCCCCCC(=O)OC(COCCCCCCCC/C=C\CCCCC)COC1OC(CO)C(O)C(OS(=O)(=O)O)C1O. The number of hydrogen-bond acceptors (Lipinski definition) is 11. The van der Waals surface area contributed by atoms with Crippen molar-refractivity contribution >= 4 is 16.4 Å². The molecule has 1 aliphatic rings. The van der Waals surface area contributed by atoms with Gasteiger partial charge in [-0.15, -0.1) is 0 Å². The van der Waals surface area contributed by atoms with Crippen LogP contribution < -0.4 is 0 Å². The molecule has 4 N–H and O–H groups in total. The Hall–Kier alpha value is -2.20. The summed E-state index contributed by atoms with van der Waals surface area (Å²) in [6, 6.07) is 0. The van der Waals surface area contributed by atoms with Crippen molar-refractivity contribution in [3.05, 3.63) is 60.8 Å². The number of allylic oxidation sites excluding steroid dienone is 10. The first-order valence-corrected chi connectivity index (χ1v) is 26.9. The summed E-state index contributed by atoms with van der Waals surface area (Å²) in [5, 5.41) is 30.7. The molecule has 0 radical (unpaired) electrons. The van der Waals surface area contributed by atoms with E-state index < -0.39 is 59.8 Å². The van der Waals surface area contributed by atoms with Crippen LogP contribution >= 0.6 is 0 Å². The van der Waals surface area contributed by atoms with Gasteiger partial charge in [-0.2, -0.15) is 8.42 Å². The summed E-state index contributed by atoms with van der Waals surface area (Å²) in [5.74, 6) is -0.405. The van der Waals surface area contributed by atoms with Crippen molar-refractivity contribution in [1.82, 2.24) is 0 Å². The van der Waals surface area contributed by atoms with Crippen molar-refractivity contribution in [3.8, 4) is 0 Å². The van der Waals surface area contributed by atoms with Crippen LogP contribution in [-0.4, -0.2) is 97.5 Å². The molecule has 0 aliphatic carbocycles. The van der Waals surface area contributed by atoms with Gasteiger partial charge in [0.1, 0.15) is 30.5 Å². The van der Waals surface area contributed by atoms with Crippen LogP contribution in [0.15, 0.2) is 60.8 Å². The number of carbonyl (C=O) groups is 1. The van der Waals surface area contributed by atoms with E-state index in [0.29, 0.717) is 13.0 Å². The number of aliphatic hydroxyl groups is 3. The van der Waals surface area contributed by atoms with Crippen LogP contribution in [0, 0.1) is 0 Å². The Morgan fingerprint density at radius 3 is 1.57 bits per heavy atom. The number of unbranched alkanes of at least 4 members (excludes halogenated alkanes) is 21. The number of carbonyl (C=O) groups excluding carboxylic acids is 1. The number of aliphatic hydroxyl groups excluding tert-OH is 3. The summed E-state index contributed by atoms with van der Waals surface area (Å²) in [6.45, 7) is 3.85. The topological polar surface area (TPSA) is 178 Å². The molecule has 0 spiro atoms. The van der Waals surface area contributed by atoms with Crippen molar-refractivity contribution in [2.45, 2.75) is 237 Å². The van der Waals surface area contributed by atoms with Gasteiger partial charge in [0.25, 0.3) is 0 Å². The average Bonchev–Trinajstić information content (AvgIpc) is 3.28. The molecule has 12 nitrogen and oxygen atoms in total. The number of hydrogen-bond donors (Lipinski definition) is 4. The van der Waals surface area contributed by atoms with E-state index >= 15 is 0 Å². The van der Waals surface area contributed by atoms with Crippen LogP contribution in [0.1, 0.15) is 200 Å². The third-order valence-electron chi connectivity index (χ3n) is 11.4. The van der Waals surface area contributed by atoms with Crippen LogP contribution in [0.4, 0.5) is 0 Å². The minimum Gasteiger partial charge on any atom is -0.457 e. The molecule has 65 heavy (non-hydrogen) atoms. The summed E-state index contributed by atoms with van der Waals surface area (Å²) in [6.07, 6.45) is 45.4. The standard InChI is InChI=1S/C52H92O12S/c1-3-5-7-9-11-13-15-17-18-19-20-21-22-23-24-25-26-27-28-29-31-33-35-37-39-41-48(54)62-46(44-60-42-40-38-36-34-32-30-16-14-12-10-8-6-4-2)45-61-52-50(56)51(64-65(57,58)59)49(55)47(43-53)63-52/h5,7,11-14,17-18,20-21,46-47,49-53,55-56H,3-4,6,8-10,15-16,19,22-45H2,1-2H3,(H,57,58,59)/b7-5-,13-11-,14-12-,18-17-,21-20-. The molecule has 0 aromatic heterocycles. The van der Waals surface area contributed by atoms with Gasteiger partial charge < -0.3 is 34.3 Å². The molecule has 378 valence electrons. The van der Waals surface area contributed by atoms with E-state index in [-0.39, 0.29) is 19.6 Å². The normalized spacial score (nSPS) is 20.1. The summed E-state index contributed by atoms with van der Waals surface area (Å²) < 4.78 is 59.2. The van der Waals surface area contributed by atoms with Crippen molar-refractivity contribution in [1.29, 1.82) is 0 Å². The second-order valence-electron chi connectivity index (χ2n) is 17.4. The molecule has 1 rings (SSSR count). The highest BCUT2D eigenvalue weighted by Crippen LogP contribution is 2.26. The summed E-state index contributed by atoms with van der Waals surface area (Å²) >= 11 is 0. The first-order chi connectivity index (χ1) is 31.6. The fourth-order valence-electron chi connectivity index (χ4n) is 7.54. The minimum absolute atomic E-state index is 0.0299. The molecular formula is C52H92O12S. The van der Waals surface area contributed by atoms with Crippen LogP contribution in [0.2, 0.25) is 0 Å². The van der Waals surface area contributed by atoms with Gasteiger partial charge in [-0.3, -0.25) is 9.35 Å². The Morgan fingerprint density at radius 2 is 1.06 bits per heavy atom. The van der Waals surface area contributed by atoms with E-state index in [0.717, 1.165) is 77.0 Å². The third-order valence-corrected chi connectivity index (χ3v) is 11.8. The van der Waals surface area contributed by atoms with Crippen molar-refractivity contribution < 1.29 is 56.2 Å². The number of rotatable bonds is 44. The second kappa shape index (κ2) is 43.1. The van der Waals surface area contributed by atoms with Crippen molar-refractivity contribution in [2.24, 2.45) is 0 Å². The zero-order valence-corrected chi connectivity index (χ0v) is 41.4. The Kier molecular flexibility index (Phi) is 40.3. The van der Waals surface area contributed by atoms with E-state index in [1.165, 1.54) is 96.3 Å². The maximum Gasteiger partial charge on any atom is 0.397 e. The highest BCUT2D eigenvalue weighted by atomic mass is 32.3. The molecule has 0 bridgehead atoms. The fraction of sp³-hybridized carbons (Fsp3) is 0.788. The summed E-state index contributed by atoms with van der Waals surface area (Å²) in [7, 11) is -5.07. The first-order valence-electron chi connectivity index (χ1n) is 25.5. The Balaban J connectivity index is 2.32. The quantitative estimate of drug-likeness (QED) is 0.0197. The summed E-state index contributed by atoms with van der Waals surface area (Å²) in [5.41, 5.74) is 0. The Bertz CT molecular complexity index is 1360. The predicted molar refractivity (Wildman–Crippen MR) is 262 cm³/mol. The molecule has 1 fully saturated rings. The van der Waals surface area contributed by atoms with Gasteiger partial charge in [-0.05, 0) is 77.0 Å². The maximum absolute atomic E-state index is 12.9. The van der Waals surface area contributed by atoms with Gasteiger partial charge in [-0.25, -0.2) is 4.18 Å². The molecule has 1 saturated heterocycles. The lowest BCUT2D eigenvalue weighted by Crippen LogP contribution is -2.60. The van der Waals surface area contributed by atoms with Gasteiger partial charge in [0, 0.05) is 13.0 Å². The van der Waals surface area contributed by atoms with Crippen molar-refractivity contribution in [2.75, 3.05) is 26.4 Å². The largest absolute Gasteiger partial charge is 0.457 e. The van der Waals surface area contributed by atoms with Crippen LogP contribution in [0.5, 0.6) is 0 Å². The van der Waals surface area contributed by atoms with Crippen molar-refractivity contribution in [3.63, 3.8) is 0 Å². The molecule has 0 aromatic carbocycles. The first kappa shape index (κ1) is 60.8. The highest BCUT2D eigenvalue weighted by Gasteiger charge is 2.48. The lowest BCUT2D eigenvalue weighted by molar-refractivity contribution is -0.301. The Morgan fingerprint density at radius 1 is 0.600 bits per heavy atom. The van der Waals surface area contributed by atoms with Gasteiger partial charge in [0.2, 0.25) is 0 Å². The van der Waals surface area contributed by atoms with Gasteiger partial charge in [-0.1, -0.05) is 177 Å². The average molecular weight is 941 g/mol. The van der Waals surface area contributed by atoms with E-state index in [1.54, 1.807) is 0 Å². The molecule has 0 aromatic rings. The zero-order valence-electron chi connectivity index (χ0n) is 40.5. The highest BCUT2D eigenvalue weighted by molar-refractivity contribution is 7.80. The van der Waals surface area contributed by atoms with Gasteiger partial charge >= 0.3 is 16.4 Å². The predicted octanol–water partition coefficient (Wildman–Crippen LogP) is 11.7. The molecule has 0 saturated carbocycles. The molecule has 13 heteroatoms. The third kappa shape index (κ3) is 36.5. The number of ether oxygens (including phenoxy) is 4. The molecule has 6 atom stereocenters. The molecule has 1 aliphatic heterocycles. The monoisotopic (exact) mass is 941 g/mol. The smallest absolute Gasteiger partial charge is 0.397 e. The van der Waals surface area contributed by atoms with Gasteiger partial charge in [0.15, 0.2) is 6.29 Å². The minimum atomic E-state index is -5.07. The van der Waals surface area contributed by atoms with E-state index in [4.69, 9.17) is 18.9 Å². The lowest BCUT2D eigenvalue weighted by Gasteiger charge is -2.41. The van der Waals surface area contributed by atoms with E-state index in [2.05, 4.69) is 78.8 Å². The second-order valence-corrected chi connectivity index (χ2v) is 18.4. The van der Waals surface area contributed by atoms with E-state index in [9.17, 15) is 33.1 Å². The van der Waals surface area contributed by atoms with Crippen LogP contribution in [0.3, 0.4) is 0 Å². The van der Waals surface area contributed by atoms with Crippen LogP contribution in [-0.2, 0) is 38.3 Å². The molecule has 1 heterocycles. The zero-order chi connectivity index (χ0) is 47.5. The van der Waals surface area contributed by atoms with Gasteiger partial charge in [0.05, 0.1) is 19.8 Å². The fourth-order valence-corrected chi connectivity index (χ4v) is 8.05. The molecular weight excluding hydrogens is 849 g/mol. The Labute approximate surface area is 395 Å². The number of esters is 1. The lowest BCUT2D eigenvalue weighted by atomic mass is 9.99. The van der Waals surface area contributed by atoms with E-state index in [1.807, 2.05) is 0 Å². The van der Waals surface area contributed by atoms with Crippen LogP contribution in [0.25, 0.3) is 0 Å². The maximum atomic E-state index is 12.9. The molecule has 0 amide bonds. The molecule has 6 unspecified atom stereocenters.